The van der Waals surface area contributed by atoms with Gasteiger partial charge in [0, 0.05) is 6.54 Å². The summed E-state index contributed by atoms with van der Waals surface area (Å²) in [6.07, 6.45) is 3.73. The molecule has 1 fully saturated rings. The first-order chi connectivity index (χ1) is 9.75. The molecule has 0 radical (unpaired) electrons. The number of rotatable bonds is 7. The molecule has 1 aromatic carbocycles. The van der Waals surface area contributed by atoms with Crippen LogP contribution in [0, 0.1) is 5.82 Å². The first kappa shape index (κ1) is 17.7. The van der Waals surface area contributed by atoms with Crippen LogP contribution in [0.2, 0.25) is 0 Å². The van der Waals surface area contributed by atoms with Crippen LogP contribution in [0.5, 0.6) is 5.75 Å². The van der Waals surface area contributed by atoms with Crippen LogP contribution in [-0.4, -0.2) is 31.6 Å². The van der Waals surface area contributed by atoms with Gasteiger partial charge in [-0.2, -0.15) is 0 Å². The minimum atomic E-state index is -0.263. The Morgan fingerprint density at radius 3 is 2.76 bits per heavy atom. The Morgan fingerprint density at radius 2 is 2.10 bits per heavy atom. The van der Waals surface area contributed by atoms with Crippen molar-refractivity contribution in [2.24, 2.45) is 0 Å². The quantitative estimate of drug-likeness (QED) is 0.759. The van der Waals surface area contributed by atoms with E-state index in [0.717, 1.165) is 32.2 Å². The summed E-state index contributed by atoms with van der Waals surface area (Å²) < 4.78 is 18.2. The highest BCUT2D eigenvalue weighted by Gasteiger charge is 2.20. The number of benzene rings is 1. The lowest BCUT2D eigenvalue weighted by molar-refractivity contribution is -0.122. The van der Waals surface area contributed by atoms with Crippen molar-refractivity contribution in [1.29, 1.82) is 0 Å². The summed E-state index contributed by atoms with van der Waals surface area (Å²) in [6.45, 7) is 2.18. The van der Waals surface area contributed by atoms with Crippen molar-refractivity contribution in [2.75, 3.05) is 19.7 Å². The molecule has 0 spiro atoms. The van der Waals surface area contributed by atoms with Crippen LogP contribution in [0.25, 0.3) is 0 Å². The van der Waals surface area contributed by atoms with E-state index in [2.05, 4.69) is 10.6 Å². The molecule has 1 saturated heterocycles. The van der Waals surface area contributed by atoms with Gasteiger partial charge < -0.3 is 15.4 Å². The fourth-order valence-corrected chi connectivity index (χ4v) is 2.19. The van der Waals surface area contributed by atoms with Crippen LogP contribution >= 0.6 is 12.4 Å². The molecule has 1 atom stereocenters. The number of unbranched alkanes of at least 4 members (excludes halogenated alkanes) is 1. The van der Waals surface area contributed by atoms with E-state index >= 15 is 0 Å². The second-order valence-corrected chi connectivity index (χ2v) is 4.95. The van der Waals surface area contributed by atoms with Crippen molar-refractivity contribution >= 4 is 18.3 Å². The molecule has 6 heteroatoms. The molecule has 21 heavy (non-hydrogen) atoms. The van der Waals surface area contributed by atoms with E-state index in [9.17, 15) is 9.18 Å². The molecule has 1 aliphatic rings. The summed E-state index contributed by atoms with van der Waals surface area (Å²) in [5, 5.41) is 6.09. The molecule has 0 aliphatic carbocycles. The first-order valence-electron chi connectivity index (χ1n) is 7.15. The molecule has 2 N–H and O–H groups in total. The second kappa shape index (κ2) is 9.58. The number of hydrogen-bond donors (Lipinski definition) is 2. The molecule has 118 valence electrons. The van der Waals surface area contributed by atoms with Crippen molar-refractivity contribution in [3.63, 3.8) is 0 Å². The molecule has 1 amide bonds. The third-order valence-electron chi connectivity index (χ3n) is 3.33. The maximum Gasteiger partial charge on any atom is 0.237 e. The van der Waals surface area contributed by atoms with Gasteiger partial charge >= 0.3 is 0 Å². The normalized spacial score (nSPS) is 17.1. The Kier molecular flexibility index (Phi) is 8.08. The number of amides is 1. The third kappa shape index (κ3) is 6.31. The second-order valence-electron chi connectivity index (χ2n) is 4.95. The van der Waals surface area contributed by atoms with Gasteiger partial charge in [-0.3, -0.25) is 4.79 Å². The Labute approximate surface area is 130 Å². The zero-order valence-electron chi connectivity index (χ0n) is 11.9. The van der Waals surface area contributed by atoms with Gasteiger partial charge in [0.05, 0.1) is 12.6 Å². The SMILES string of the molecule is Cl.O=C(NCCCCOc1ccc(F)cc1)C1CCCN1. The summed E-state index contributed by atoms with van der Waals surface area (Å²) in [6, 6.07) is 5.98. The predicted molar refractivity (Wildman–Crippen MR) is 82.4 cm³/mol. The smallest absolute Gasteiger partial charge is 0.237 e. The van der Waals surface area contributed by atoms with Crippen LogP contribution in [0.15, 0.2) is 24.3 Å². The van der Waals surface area contributed by atoms with E-state index in [1.54, 1.807) is 12.1 Å². The van der Waals surface area contributed by atoms with Gasteiger partial charge in [-0.25, -0.2) is 4.39 Å². The van der Waals surface area contributed by atoms with E-state index in [-0.39, 0.29) is 30.2 Å². The molecule has 0 aromatic heterocycles. The highest BCUT2D eigenvalue weighted by atomic mass is 35.5. The monoisotopic (exact) mass is 316 g/mol. The number of halogens is 2. The van der Waals surface area contributed by atoms with Crippen LogP contribution < -0.4 is 15.4 Å². The number of carbonyl (C=O) groups is 1. The van der Waals surface area contributed by atoms with E-state index in [0.29, 0.717) is 18.9 Å². The van der Waals surface area contributed by atoms with E-state index in [4.69, 9.17) is 4.74 Å². The average Bonchev–Trinajstić information content (AvgIpc) is 2.98. The highest BCUT2D eigenvalue weighted by molar-refractivity contribution is 5.85. The minimum Gasteiger partial charge on any atom is -0.494 e. The molecule has 1 heterocycles. The molecule has 1 aliphatic heterocycles. The van der Waals surface area contributed by atoms with Gasteiger partial charge in [0.2, 0.25) is 5.91 Å². The van der Waals surface area contributed by atoms with Gasteiger partial charge in [-0.05, 0) is 56.5 Å². The number of hydrogen-bond acceptors (Lipinski definition) is 3. The molecule has 0 bridgehead atoms. The Bertz CT molecular complexity index is 422. The highest BCUT2D eigenvalue weighted by Crippen LogP contribution is 2.11. The summed E-state index contributed by atoms with van der Waals surface area (Å²) in [5.41, 5.74) is 0. The Morgan fingerprint density at radius 1 is 1.33 bits per heavy atom. The van der Waals surface area contributed by atoms with E-state index in [1.165, 1.54) is 12.1 Å². The van der Waals surface area contributed by atoms with Gasteiger partial charge in [-0.15, -0.1) is 12.4 Å². The fraction of sp³-hybridized carbons (Fsp3) is 0.533. The zero-order chi connectivity index (χ0) is 14.2. The summed E-state index contributed by atoms with van der Waals surface area (Å²) in [7, 11) is 0. The predicted octanol–water partition coefficient (Wildman–Crippen LogP) is 2.27. The molecular formula is C15H22ClFN2O2. The lowest BCUT2D eigenvalue weighted by Gasteiger charge is -2.11. The van der Waals surface area contributed by atoms with Crippen molar-refractivity contribution < 1.29 is 13.9 Å². The lowest BCUT2D eigenvalue weighted by atomic mass is 10.2. The fourth-order valence-electron chi connectivity index (χ4n) is 2.19. The molecule has 1 unspecified atom stereocenters. The van der Waals surface area contributed by atoms with Gasteiger partial charge in [0.15, 0.2) is 0 Å². The number of carbonyl (C=O) groups excluding carboxylic acids is 1. The molecular weight excluding hydrogens is 295 g/mol. The molecule has 2 rings (SSSR count). The maximum absolute atomic E-state index is 12.7. The van der Waals surface area contributed by atoms with Crippen LogP contribution in [0.4, 0.5) is 4.39 Å². The van der Waals surface area contributed by atoms with Crippen molar-refractivity contribution in [1.82, 2.24) is 10.6 Å². The van der Waals surface area contributed by atoms with Crippen molar-refractivity contribution in [3.8, 4) is 5.75 Å². The van der Waals surface area contributed by atoms with Crippen molar-refractivity contribution in [3.05, 3.63) is 30.1 Å². The largest absolute Gasteiger partial charge is 0.494 e. The Balaban J connectivity index is 0.00000220. The summed E-state index contributed by atoms with van der Waals surface area (Å²) in [5.74, 6) is 0.508. The van der Waals surface area contributed by atoms with E-state index in [1.807, 2.05) is 0 Å². The standard InChI is InChI=1S/C15H21FN2O2.ClH/c16-12-5-7-13(8-6-12)20-11-2-1-9-18-15(19)14-4-3-10-17-14;/h5-8,14,17H,1-4,9-11H2,(H,18,19);1H. The number of nitrogens with one attached hydrogen (secondary N) is 2. The van der Waals surface area contributed by atoms with E-state index < -0.39 is 0 Å². The maximum atomic E-state index is 12.7. The van der Waals surface area contributed by atoms with Gasteiger partial charge in [0.25, 0.3) is 0 Å². The lowest BCUT2D eigenvalue weighted by Crippen LogP contribution is -2.40. The van der Waals surface area contributed by atoms with Gasteiger partial charge in [0.1, 0.15) is 11.6 Å². The topological polar surface area (TPSA) is 50.4 Å². The molecule has 1 aromatic rings. The van der Waals surface area contributed by atoms with Crippen LogP contribution in [0.1, 0.15) is 25.7 Å². The minimum absolute atomic E-state index is 0. The summed E-state index contributed by atoms with van der Waals surface area (Å²) >= 11 is 0. The Hall–Kier alpha value is -1.33. The van der Waals surface area contributed by atoms with Crippen LogP contribution in [0.3, 0.4) is 0 Å². The van der Waals surface area contributed by atoms with Crippen LogP contribution in [-0.2, 0) is 4.79 Å². The van der Waals surface area contributed by atoms with Crippen molar-refractivity contribution in [2.45, 2.75) is 31.7 Å². The first-order valence-corrected chi connectivity index (χ1v) is 7.15. The van der Waals surface area contributed by atoms with Gasteiger partial charge in [-0.1, -0.05) is 0 Å². The summed E-state index contributed by atoms with van der Waals surface area (Å²) in [4.78, 5) is 11.7. The zero-order valence-corrected chi connectivity index (χ0v) is 12.8. The number of ether oxygens (including phenoxy) is 1. The molecule has 4 nitrogen and oxygen atoms in total. The third-order valence-corrected chi connectivity index (χ3v) is 3.33. The average molecular weight is 317 g/mol. The molecule has 0 saturated carbocycles.